The average Bonchev–Trinajstić information content (AvgIpc) is 3.49. The van der Waals surface area contributed by atoms with E-state index in [1.807, 2.05) is 12.2 Å². The Morgan fingerprint density at radius 2 is 1.28 bits per heavy atom. The molecular formula is C31H38Zr. The zero-order valence-electron chi connectivity index (χ0n) is 20.8. The molecule has 0 aromatic heterocycles. The molecule has 0 aliphatic heterocycles. The molecule has 2 aliphatic carbocycles. The SMILES string of the molecule is CC(C)(C)c1ccc2[cH-]c3ccc(C(C)(C)C)cc3c2c1.[C-]1=CC=CC1.[Zr+2]=[C]1CCCC1. The fourth-order valence-corrected chi connectivity index (χ4v) is 4.94. The van der Waals surface area contributed by atoms with Crippen molar-refractivity contribution in [1.29, 1.82) is 0 Å². The van der Waals surface area contributed by atoms with E-state index in [-0.39, 0.29) is 10.8 Å². The summed E-state index contributed by atoms with van der Waals surface area (Å²) < 4.78 is 1.79. The van der Waals surface area contributed by atoms with Gasteiger partial charge in [0.05, 0.1) is 0 Å². The first-order chi connectivity index (χ1) is 15.1. The number of allylic oxidation sites excluding steroid dienone is 4. The fourth-order valence-electron chi connectivity index (χ4n) is 4.07. The first-order valence-electron chi connectivity index (χ1n) is 12.0. The Hall–Kier alpha value is -1.46. The second-order valence-corrected chi connectivity index (χ2v) is 12.8. The molecule has 0 unspecified atom stereocenters. The zero-order chi connectivity index (χ0) is 23.4. The van der Waals surface area contributed by atoms with Gasteiger partial charge < -0.3 is 0 Å². The first-order valence-corrected chi connectivity index (χ1v) is 13.2. The molecule has 32 heavy (non-hydrogen) atoms. The van der Waals surface area contributed by atoms with Crippen LogP contribution in [-0.4, -0.2) is 3.21 Å². The van der Waals surface area contributed by atoms with Gasteiger partial charge in [0.15, 0.2) is 0 Å². The van der Waals surface area contributed by atoms with Crippen molar-refractivity contribution in [3.05, 3.63) is 77.9 Å². The summed E-state index contributed by atoms with van der Waals surface area (Å²) >= 11 is 1.68. The van der Waals surface area contributed by atoms with Gasteiger partial charge in [-0.3, -0.25) is 6.08 Å². The molecule has 3 aromatic rings. The van der Waals surface area contributed by atoms with Crippen LogP contribution < -0.4 is 0 Å². The topological polar surface area (TPSA) is 0 Å². The molecule has 5 rings (SSSR count). The average molecular weight is 502 g/mol. The molecule has 0 nitrogen and oxygen atoms in total. The number of benzene rings is 2. The summed E-state index contributed by atoms with van der Waals surface area (Å²) in [6.45, 7) is 13.7. The summed E-state index contributed by atoms with van der Waals surface area (Å²) in [4.78, 5) is 0. The van der Waals surface area contributed by atoms with Crippen LogP contribution >= 0.6 is 0 Å². The van der Waals surface area contributed by atoms with Crippen LogP contribution in [0, 0.1) is 6.08 Å². The van der Waals surface area contributed by atoms with Gasteiger partial charge in [-0.25, -0.2) is 12.2 Å². The number of hydrogen-bond acceptors (Lipinski definition) is 0. The van der Waals surface area contributed by atoms with Gasteiger partial charge in [-0.2, -0.15) is 6.08 Å². The summed E-state index contributed by atoms with van der Waals surface area (Å²) in [5, 5.41) is 5.49. The summed E-state index contributed by atoms with van der Waals surface area (Å²) in [7, 11) is 0. The quantitative estimate of drug-likeness (QED) is 0.270. The molecule has 0 heterocycles. The Balaban J connectivity index is 0.000000213. The molecule has 0 saturated heterocycles. The molecule has 2 aliphatic rings. The summed E-state index contributed by atoms with van der Waals surface area (Å²) in [6, 6.07) is 16.1. The molecule has 1 saturated carbocycles. The van der Waals surface area contributed by atoms with E-state index >= 15 is 0 Å². The molecule has 0 N–H and O–H groups in total. The second-order valence-electron chi connectivity index (χ2n) is 11.1. The molecule has 0 atom stereocenters. The molecule has 166 valence electrons. The number of hydrogen-bond donors (Lipinski definition) is 0. The van der Waals surface area contributed by atoms with E-state index in [9.17, 15) is 0 Å². The normalized spacial score (nSPS) is 15.7. The van der Waals surface area contributed by atoms with Crippen LogP contribution in [-0.2, 0) is 35.1 Å². The van der Waals surface area contributed by atoms with E-state index in [1.165, 1.54) is 58.4 Å². The van der Waals surface area contributed by atoms with Gasteiger partial charge in [0.1, 0.15) is 0 Å². The maximum absolute atomic E-state index is 2.99. The van der Waals surface area contributed by atoms with Crippen LogP contribution in [0.15, 0.2) is 60.7 Å². The van der Waals surface area contributed by atoms with E-state index in [2.05, 4.69) is 96.2 Å². The van der Waals surface area contributed by atoms with Gasteiger partial charge in [-0.1, -0.05) is 76.9 Å². The van der Waals surface area contributed by atoms with Gasteiger partial charge >= 0.3 is 53.1 Å². The van der Waals surface area contributed by atoms with Crippen LogP contribution in [0.4, 0.5) is 0 Å². The Bertz CT molecular complexity index is 1040. The summed E-state index contributed by atoms with van der Waals surface area (Å²) in [5.74, 6) is 0. The van der Waals surface area contributed by atoms with Crippen molar-refractivity contribution >= 4 is 24.8 Å². The summed E-state index contributed by atoms with van der Waals surface area (Å²) in [6.07, 6.45) is 15.8. The molecule has 3 aromatic carbocycles. The second kappa shape index (κ2) is 10.6. The van der Waals surface area contributed by atoms with Crippen molar-refractivity contribution in [1.82, 2.24) is 0 Å². The molecular weight excluding hydrogens is 464 g/mol. The predicted molar refractivity (Wildman–Crippen MR) is 139 cm³/mol. The van der Waals surface area contributed by atoms with Crippen molar-refractivity contribution in [2.45, 2.75) is 84.5 Å². The third-order valence-corrected chi connectivity index (χ3v) is 7.46. The monoisotopic (exact) mass is 500 g/mol. The van der Waals surface area contributed by atoms with Crippen molar-refractivity contribution in [3.63, 3.8) is 0 Å². The van der Waals surface area contributed by atoms with Crippen LogP contribution in [0.5, 0.6) is 0 Å². The van der Waals surface area contributed by atoms with Gasteiger partial charge in [-0.15, -0.1) is 46.2 Å². The first kappa shape index (κ1) is 25.2. The van der Waals surface area contributed by atoms with E-state index in [0.717, 1.165) is 6.42 Å². The molecule has 1 heteroatoms. The number of fused-ring (bicyclic) bond motifs is 3. The van der Waals surface area contributed by atoms with Gasteiger partial charge in [-0.05, 0) is 10.8 Å². The third-order valence-electron chi connectivity index (χ3n) is 6.23. The van der Waals surface area contributed by atoms with Crippen LogP contribution in [0.3, 0.4) is 0 Å². The van der Waals surface area contributed by atoms with Crippen LogP contribution in [0.2, 0.25) is 0 Å². The molecule has 0 radical (unpaired) electrons. The minimum atomic E-state index is 0.194. The van der Waals surface area contributed by atoms with Crippen LogP contribution in [0.1, 0.15) is 84.8 Å². The van der Waals surface area contributed by atoms with E-state index in [1.54, 1.807) is 27.4 Å². The molecule has 0 spiro atoms. The van der Waals surface area contributed by atoms with Crippen LogP contribution in [0.25, 0.3) is 21.5 Å². The summed E-state index contributed by atoms with van der Waals surface area (Å²) in [5.41, 5.74) is 3.20. The van der Waals surface area contributed by atoms with Crippen molar-refractivity contribution < 1.29 is 24.2 Å². The molecule has 0 amide bonds. The Labute approximate surface area is 210 Å². The zero-order valence-corrected chi connectivity index (χ0v) is 23.3. The van der Waals surface area contributed by atoms with Crippen molar-refractivity contribution in [3.8, 4) is 0 Å². The van der Waals surface area contributed by atoms with Crippen molar-refractivity contribution in [2.75, 3.05) is 0 Å². The predicted octanol–water partition coefficient (Wildman–Crippen LogP) is 8.89. The Kier molecular flexibility index (Phi) is 8.38. The van der Waals surface area contributed by atoms with Gasteiger partial charge in [0, 0.05) is 0 Å². The fraction of sp³-hybridized carbons (Fsp3) is 0.419. The molecule has 1 fully saturated rings. The maximum atomic E-state index is 2.99. The Morgan fingerprint density at radius 3 is 1.56 bits per heavy atom. The number of rotatable bonds is 0. The molecule has 0 bridgehead atoms. The van der Waals surface area contributed by atoms with E-state index < -0.39 is 0 Å². The van der Waals surface area contributed by atoms with Crippen molar-refractivity contribution in [2.24, 2.45) is 0 Å². The van der Waals surface area contributed by atoms with E-state index in [0.29, 0.717) is 0 Å². The van der Waals surface area contributed by atoms with Gasteiger partial charge in [0.25, 0.3) is 0 Å². The van der Waals surface area contributed by atoms with Gasteiger partial charge in [0.2, 0.25) is 0 Å². The standard InChI is InChI=1S/C21H25.C5H8.C5H5.Zr/c1-20(2,3)16-9-7-14-11-15-8-10-17(21(4,5)6)13-19(15)18(14)12-16;2*1-2-4-5-3-1;/h7-13H,1-6H3;1-4H2;1-3H,4H2;/q-1;;-1;+2. The third kappa shape index (κ3) is 6.77. The van der Waals surface area contributed by atoms with E-state index in [4.69, 9.17) is 0 Å². The minimum absolute atomic E-state index is 0.194. The Morgan fingerprint density at radius 1 is 0.781 bits per heavy atom.